The second kappa shape index (κ2) is 18.0. The first-order chi connectivity index (χ1) is 36.8. The molecule has 13 rings (SSSR count). The zero-order chi connectivity index (χ0) is 52.1. The lowest BCUT2D eigenvalue weighted by atomic mass is 9.64. The summed E-state index contributed by atoms with van der Waals surface area (Å²) in [5.74, 6) is 0. The first-order valence-electron chi connectivity index (χ1n) is 26.9. The smallest absolute Gasteiger partial charge is 0.0775 e. The zero-order valence-corrected chi connectivity index (χ0v) is 46.9. The Morgan fingerprint density at radius 3 is 1.04 bits per heavy atom. The van der Waals surface area contributed by atoms with Crippen molar-refractivity contribution in [3.05, 3.63) is 270 Å². The molecule has 0 bridgehead atoms. The molecule has 1 aliphatic heterocycles. The van der Waals surface area contributed by atoms with Crippen molar-refractivity contribution < 1.29 is 0 Å². The van der Waals surface area contributed by atoms with Crippen LogP contribution in [0.25, 0.3) is 32.7 Å². The van der Waals surface area contributed by atoms with Gasteiger partial charge < -0.3 is 14.7 Å². The van der Waals surface area contributed by atoms with E-state index >= 15 is 0 Å². The molecule has 76 heavy (non-hydrogen) atoms. The molecule has 3 nitrogen and oxygen atoms in total. The normalized spacial score (nSPS) is 13.3. The molecule has 0 saturated carbocycles. The van der Waals surface area contributed by atoms with Gasteiger partial charge in [-0.15, -0.1) is 0 Å². The Labute approximate surface area is 451 Å². The summed E-state index contributed by atoms with van der Waals surface area (Å²) in [6, 6.07) is 90.2. The van der Waals surface area contributed by atoms with Gasteiger partial charge in [-0.1, -0.05) is 212 Å². The summed E-state index contributed by atoms with van der Waals surface area (Å²) >= 11 is 0. The minimum atomic E-state index is -1.59. The van der Waals surface area contributed by atoms with E-state index < -0.39 is 21.6 Å². The highest BCUT2D eigenvalue weighted by atomic mass is 28.3. The predicted molar refractivity (Wildman–Crippen MR) is 332 cm³/mol. The van der Waals surface area contributed by atoms with E-state index in [4.69, 9.17) is 0 Å². The van der Waals surface area contributed by atoms with E-state index in [1.807, 2.05) is 0 Å². The standard InChI is InChI=1S/C71H63N3Si2/c1-48-30-34-51(35-31-48)72(53-38-42-55(43-39-53)75(3,4)5)67-46-63-69(59-24-14-12-22-57(59)67)70-60-25-15-13-23-58(60)68(73(52-36-32-49(2)33-37-52)54-40-44-56(45-41-54)76(6,7)8)47-64(70)71(63)61-26-16-18-28-65(61)74(50-20-10-9-11-21-50)66-29-19-17-27-62(66)71/h9-47H,1-8H3. The van der Waals surface area contributed by atoms with Crippen LogP contribution >= 0.6 is 0 Å². The van der Waals surface area contributed by atoms with Gasteiger partial charge >= 0.3 is 0 Å². The second-order valence-electron chi connectivity index (χ2n) is 23.1. The van der Waals surface area contributed by atoms with Crippen molar-refractivity contribution in [2.75, 3.05) is 14.7 Å². The molecular weight excluding hydrogens is 951 g/mol. The fraction of sp³-hybridized carbons (Fsp3) is 0.127. The molecule has 1 spiro atoms. The van der Waals surface area contributed by atoms with E-state index in [1.165, 1.54) is 87.8 Å². The highest BCUT2D eigenvalue weighted by Gasteiger charge is 2.53. The fourth-order valence-electron chi connectivity index (χ4n) is 12.5. The highest BCUT2D eigenvalue weighted by molar-refractivity contribution is 6.89. The Kier molecular flexibility index (Phi) is 11.2. The Hall–Kier alpha value is -8.23. The second-order valence-corrected chi connectivity index (χ2v) is 33.3. The van der Waals surface area contributed by atoms with Gasteiger partial charge in [0.15, 0.2) is 0 Å². The van der Waals surface area contributed by atoms with E-state index in [1.54, 1.807) is 0 Å². The maximum Gasteiger partial charge on any atom is 0.0775 e. The summed E-state index contributed by atoms with van der Waals surface area (Å²) in [6.45, 7) is 19.0. The summed E-state index contributed by atoms with van der Waals surface area (Å²) in [7, 11) is -3.18. The average molecular weight is 1010 g/mol. The first-order valence-corrected chi connectivity index (χ1v) is 33.9. The van der Waals surface area contributed by atoms with Crippen LogP contribution in [0.5, 0.6) is 0 Å². The van der Waals surface area contributed by atoms with E-state index in [0.29, 0.717) is 0 Å². The van der Waals surface area contributed by atoms with Crippen molar-refractivity contribution >= 4 is 99.3 Å². The van der Waals surface area contributed by atoms with Crippen LogP contribution in [-0.4, -0.2) is 16.1 Å². The van der Waals surface area contributed by atoms with Crippen LogP contribution in [0.1, 0.15) is 33.4 Å². The SMILES string of the molecule is Cc1ccc(N(c2ccc([Si](C)(C)C)cc2)c2cc3c(c4ccccc24)-c2c(cc(N(c4ccc(C)cc4)c4ccc([Si](C)(C)C)cc4)c4ccccc24)C32c3ccccc3N(c3ccccc3)c3ccccc32)cc1. The number of anilines is 9. The molecule has 2 aliphatic rings. The van der Waals surface area contributed by atoms with Crippen LogP contribution < -0.4 is 25.1 Å². The van der Waals surface area contributed by atoms with Crippen molar-refractivity contribution in [1.82, 2.24) is 0 Å². The van der Waals surface area contributed by atoms with Crippen LogP contribution in [0.2, 0.25) is 39.3 Å². The molecule has 0 amide bonds. The minimum Gasteiger partial charge on any atom is -0.310 e. The molecule has 11 aromatic rings. The van der Waals surface area contributed by atoms with Gasteiger partial charge in [-0.05, 0) is 143 Å². The van der Waals surface area contributed by atoms with E-state index in [-0.39, 0.29) is 0 Å². The molecule has 1 heterocycles. The van der Waals surface area contributed by atoms with Crippen LogP contribution in [0, 0.1) is 13.8 Å². The van der Waals surface area contributed by atoms with Gasteiger partial charge in [-0.2, -0.15) is 0 Å². The van der Waals surface area contributed by atoms with Gasteiger partial charge in [0.25, 0.3) is 0 Å². The molecule has 0 atom stereocenters. The summed E-state index contributed by atoms with van der Waals surface area (Å²) < 4.78 is 0. The Bertz CT molecular complexity index is 3770. The molecule has 0 saturated heterocycles. The van der Waals surface area contributed by atoms with Crippen molar-refractivity contribution in [3.8, 4) is 11.1 Å². The van der Waals surface area contributed by atoms with Crippen LogP contribution in [0.3, 0.4) is 0 Å². The van der Waals surface area contributed by atoms with Gasteiger partial charge in [0, 0.05) is 39.2 Å². The Morgan fingerprint density at radius 2 is 0.658 bits per heavy atom. The highest BCUT2D eigenvalue weighted by Crippen LogP contribution is 2.67. The van der Waals surface area contributed by atoms with Gasteiger partial charge in [0.05, 0.1) is 44.3 Å². The summed E-state index contributed by atoms with van der Waals surface area (Å²) in [6.07, 6.45) is 0. The van der Waals surface area contributed by atoms with Crippen LogP contribution in [0.15, 0.2) is 237 Å². The molecule has 0 radical (unpaired) electrons. The molecule has 11 aromatic carbocycles. The summed E-state index contributed by atoms with van der Waals surface area (Å²) in [5.41, 5.74) is 19.7. The van der Waals surface area contributed by atoms with Crippen molar-refractivity contribution in [2.24, 2.45) is 0 Å². The number of fused-ring (bicyclic) bond motifs is 13. The molecule has 0 N–H and O–H groups in total. The number of hydrogen-bond acceptors (Lipinski definition) is 3. The monoisotopic (exact) mass is 1010 g/mol. The van der Waals surface area contributed by atoms with Gasteiger partial charge in [0.1, 0.15) is 0 Å². The Balaban J connectivity index is 1.20. The third-order valence-corrected chi connectivity index (χ3v) is 20.4. The quantitative estimate of drug-likeness (QED) is 0.133. The van der Waals surface area contributed by atoms with Crippen molar-refractivity contribution in [2.45, 2.75) is 58.5 Å². The van der Waals surface area contributed by atoms with Crippen molar-refractivity contribution in [1.29, 1.82) is 0 Å². The number of aryl methyl sites for hydroxylation is 2. The third-order valence-electron chi connectivity index (χ3n) is 16.3. The molecule has 0 aromatic heterocycles. The molecule has 5 heteroatoms. The lowest BCUT2D eigenvalue weighted by Gasteiger charge is -2.45. The number of nitrogens with zero attached hydrogens (tertiary/aromatic N) is 3. The number of rotatable bonds is 9. The summed E-state index contributed by atoms with van der Waals surface area (Å²) in [5, 5.41) is 7.78. The predicted octanol–water partition coefficient (Wildman–Crippen LogP) is 18.8. The Morgan fingerprint density at radius 1 is 0.329 bits per heavy atom. The number of para-hydroxylation sites is 3. The van der Waals surface area contributed by atoms with Crippen LogP contribution in [0.4, 0.5) is 51.2 Å². The fourth-order valence-corrected chi connectivity index (χ4v) is 14.8. The number of hydrogen-bond donors (Lipinski definition) is 0. The van der Waals surface area contributed by atoms with Crippen molar-refractivity contribution in [3.63, 3.8) is 0 Å². The lowest BCUT2D eigenvalue weighted by molar-refractivity contribution is 0.753. The largest absolute Gasteiger partial charge is 0.310 e. The van der Waals surface area contributed by atoms with E-state index in [9.17, 15) is 0 Å². The average Bonchev–Trinajstić information content (AvgIpc) is 3.72. The topological polar surface area (TPSA) is 9.72 Å². The lowest BCUT2D eigenvalue weighted by Crippen LogP contribution is -2.37. The third kappa shape index (κ3) is 7.50. The maximum atomic E-state index is 2.59. The first kappa shape index (κ1) is 47.5. The molecule has 1 aliphatic carbocycles. The zero-order valence-electron chi connectivity index (χ0n) is 44.9. The van der Waals surface area contributed by atoms with E-state index in [0.717, 1.165) is 39.8 Å². The van der Waals surface area contributed by atoms with Gasteiger partial charge in [-0.3, -0.25) is 0 Å². The van der Waals surface area contributed by atoms with E-state index in [2.05, 4.69) is 304 Å². The molecule has 370 valence electrons. The van der Waals surface area contributed by atoms with Gasteiger partial charge in [0.2, 0.25) is 0 Å². The van der Waals surface area contributed by atoms with Crippen LogP contribution in [-0.2, 0) is 5.41 Å². The molecule has 0 unspecified atom stereocenters. The van der Waals surface area contributed by atoms with Gasteiger partial charge in [-0.25, -0.2) is 0 Å². The summed E-state index contributed by atoms with van der Waals surface area (Å²) in [4.78, 5) is 7.54. The number of benzene rings is 11. The maximum absolute atomic E-state index is 2.59. The minimum absolute atomic E-state index is 0.776. The molecular formula is C71H63N3Si2. The molecule has 0 fully saturated rings.